The van der Waals surface area contributed by atoms with E-state index in [0.29, 0.717) is 5.92 Å². The number of rotatable bonds is 8. The molecule has 0 aliphatic carbocycles. The number of nitrogens with one attached hydrogen (secondary N) is 2. The van der Waals surface area contributed by atoms with Gasteiger partial charge in [-0.25, -0.2) is 0 Å². The van der Waals surface area contributed by atoms with Gasteiger partial charge < -0.3 is 20.1 Å². The van der Waals surface area contributed by atoms with E-state index in [1.54, 1.807) is 0 Å². The number of hydrogen-bond acceptors (Lipinski definition) is 4. The highest BCUT2D eigenvalue weighted by Crippen LogP contribution is 2.33. The number of hydrogen-bond donors (Lipinski definition) is 2. The summed E-state index contributed by atoms with van der Waals surface area (Å²) in [6, 6.07) is 10.6. The first-order chi connectivity index (χ1) is 13.9. The minimum absolute atomic E-state index is 0.155. The van der Waals surface area contributed by atoms with E-state index in [1.807, 2.05) is 0 Å². The molecular formula is C22H36N4O2. The lowest BCUT2D eigenvalue weighted by molar-refractivity contribution is -0.0250. The Hall–Kier alpha value is -1.63. The van der Waals surface area contributed by atoms with Crippen molar-refractivity contribution in [2.75, 3.05) is 59.1 Å². The normalized spacial score (nSPS) is 24.1. The molecule has 156 valence electrons. The Balaban J connectivity index is 1.48. The largest absolute Gasteiger partial charge is 0.379 e. The summed E-state index contributed by atoms with van der Waals surface area (Å²) in [5.41, 5.74) is 1.27. The average molecular weight is 389 g/mol. The van der Waals surface area contributed by atoms with Crippen LogP contribution < -0.4 is 10.6 Å². The van der Waals surface area contributed by atoms with Gasteiger partial charge in [0.1, 0.15) is 0 Å². The molecule has 2 aliphatic rings. The van der Waals surface area contributed by atoms with Gasteiger partial charge in [-0.1, -0.05) is 30.3 Å². The van der Waals surface area contributed by atoms with Crippen LogP contribution in [0, 0.1) is 5.92 Å². The summed E-state index contributed by atoms with van der Waals surface area (Å²) in [5, 5.41) is 6.87. The molecule has 0 amide bonds. The van der Waals surface area contributed by atoms with Crippen LogP contribution >= 0.6 is 0 Å². The van der Waals surface area contributed by atoms with E-state index >= 15 is 0 Å². The van der Waals surface area contributed by atoms with Crippen LogP contribution in [0.2, 0.25) is 0 Å². The number of aliphatic imine (C=N–C) groups is 1. The molecule has 2 unspecified atom stereocenters. The standard InChI is InChI=1S/C22H36N4O2/c1-2-23-22(24-11-7-12-26-13-16-27-17-14-26)25-18-20-10-6-15-28-21(20)19-8-4-3-5-9-19/h3-5,8-9,20-21H,2,6-7,10-18H2,1H3,(H2,23,24,25). The van der Waals surface area contributed by atoms with Gasteiger partial charge in [-0.3, -0.25) is 9.89 Å². The molecule has 0 aromatic heterocycles. The second-order valence-corrected chi connectivity index (χ2v) is 7.56. The summed E-state index contributed by atoms with van der Waals surface area (Å²) in [5.74, 6) is 1.35. The van der Waals surface area contributed by atoms with Crippen molar-refractivity contribution in [2.24, 2.45) is 10.9 Å². The van der Waals surface area contributed by atoms with Crippen molar-refractivity contribution in [1.82, 2.24) is 15.5 Å². The molecule has 1 aromatic rings. The van der Waals surface area contributed by atoms with Gasteiger partial charge in [0, 0.05) is 45.2 Å². The predicted molar refractivity (Wildman–Crippen MR) is 114 cm³/mol. The maximum Gasteiger partial charge on any atom is 0.191 e. The molecule has 0 spiro atoms. The molecule has 2 fully saturated rings. The van der Waals surface area contributed by atoms with E-state index in [0.717, 1.165) is 77.9 Å². The molecule has 28 heavy (non-hydrogen) atoms. The van der Waals surface area contributed by atoms with Gasteiger partial charge in [0.15, 0.2) is 5.96 Å². The van der Waals surface area contributed by atoms with Crippen LogP contribution in [-0.4, -0.2) is 69.9 Å². The first-order valence-electron chi connectivity index (χ1n) is 10.9. The zero-order valence-electron chi connectivity index (χ0n) is 17.2. The first kappa shape index (κ1) is 21.1. The molecule has 0 saturated carbocycles. The zero-order chi connectivity index (χ0) is 19.4. The fraction of sp³-hybridized carbons (Fsp3) is 0.682. The van der Waals surface area contributed by atoms with E-state index in [-0.39, 0.29) is 6.10 Å². The van der Waals surface area contributed by atoms with Gasteiger partial charge in [0.2, 0.25) is 0 Å². The smallest absolute Gasteiger partial charge is 0.191 e. The van der Waals surface area contributed by atoms with Crippen LogP contribution in [0.4, 0.5) is 0 Å². The lowest BCUT2D eigenvalue weighted by Crippen LogP contribution is -2.41. The first-order valence-corrected chi connectivity index (χ1v) is 10.9. The van der Waals surface area contributed by atoms with Crippen LogP contribution in [0.25, 0.3) is 0 Å². The Morgan fingerprint density at radius 2 is 1.96 bits per heavy atom. The van der Waals surface area contributed by atoms with Gasteiger partial charge in [-0.2, -0.15) is 0 Å². The third-order valence-corrected chi connectivity index (χ3v) is 5.45. The Morgan fingerprint density at radius 3 is 2.75 bits per heavy atom. The van der Waals surface area contributed by atoms with Crippen LogP contribution in [0.1, 0.15) is 37.9 Å². The number of nitrogens with zero attached hydrogens (tertiary/aromatic N) is 2. The highest BCUT2D eigenvalue weighted by molar-refractivity contribution is 5.79. The molecule has 1 aromatic carbocycles. The third-order valence-electron chi connectivity index (χ3n) is 5.45. The highest BCUT2D eigenvalue weighted by Gasteiger charge is 2.27. The minimum atomic E-state index is 0.155. The number of benzene rings is 1. The Kier molecular flexibility index (Phi) is 9.07. The van der Waals surface area contributed by atoms with Crippen LogP contribution in [0.3, 0.4) is 0 Å². The summed E-state index contributed by atoms with van der Waals surface area (Å²) in [6.07, 6.45) is 3.55. The molecule has 2 heterocycles. The Labute approximate surface area is 169 Å². The quantitative estimate of drug-likeness (QED) is 0.407. The van der Waals surface area contributed by atoms with E-state index in [2.05, 4.69) is 52.8 Å². The van der Waals surface area contributed by atoms with Crippen molar-refractivity contribution in [1.29, 1.82) is 0 Å². The second-order valence-electron chi connectivity index (χ2n) is 7.56. The number of ether oxygens (including phenoxy) is 2. The number of morpholine rings is 1. The Bertz CT molecular complexity index is 575. The molecule has 0 radical (unpaired) electrons. The number of guanidine groups is 1. The summed E-state index contributed by atoms with van der Waals surface area (Å²) in [6.45, 7) is 10.5. The molecule has 6 heteroatoms. The van der Waals surface area contributed by atoms with Crippen LogP contribution in [-0.2, 0) is 9.47 Å². The lowest BCUT2D eigenvalue weighted by Gasteiger charge is -2.31. The summed E-state index contributed by atoms with van der Waals surface area (Å²) >= 11 is 0. The maximum atomic E-state index is 6.11. The van der Waals surface area contributed by atoms with Crippen molar-refractivity contribution in [2.45, 2.75) is 32.3 Å². The summed E-state index contributed by atoms with van der Waals surface area (Å²) in [7, 11) is 0. The molecule has 2 saturated heterocycles. The SMILES string of the molecule is CCNC(=NCC1CCCOC1c1ccccc1)NCCCN1CCOCC1. The fourth-order valence-corrected chi connectivity index (χ4v) is 3.93. The lowest BCUT2D eigenvalue weighted by atomic mass is 9.89. The third kappa shape index (κ3) is 6.76. The molecule has 2 aliphatic heterocycles. The molecule has 2 N–H and O–H groups in total. The summed E-state index contributed by atoms with van der Waals surface area (Å²) in [4.78, 5) is 7.35. The van der Waals surface area contributed by atoms with Gasteiger partial charge in [-0.15, -0.1) is 0 Å². The Morgan fingerprint density at radius 1 is 1.14 bits per heavy atom. The fourth-order valence-electron chi connectivity index (χ4n) is 3.93. The van der Waals surface area contributed by atoms with Crippen molar-refractivity contribution < 1.29 is 9.47 Å². The van der Waals surface area contributed by atoms with Crippen LogP contribution in [0.5, 0.6) is 0 Å². The van der Waals surface area contributed by atoms with E-state index in [4.69, 9.17) is 14.5 Å². The van der Waals surface area contributed by atoms with Gasteiger partial charge in [-0.05, 0) is 38.3 Å². The van der Waals surface area contributed by atoms with Gasteiger partial charge >= 0.3 is 0 Å². The zero-order valence-corrected chi connectivity index (χ0v) is 17.2. The van der Waals surface area contributed by atoms with Gasteiger partial charge in [0.05, 0.1) is 19.3 Å². The second kappa shape index (κ2) is 12.0. The van der Waals surface area contributed by atoms with E-state index in [1.165, 1.54) is 12.0 Å². The molecule has 6 nitrogen and oxygen atoms in total. The average Bonchev–Trinajstić information content (AvgIpc) is 2.76. The maximum absolute atomic E-state index is 6.11. The molecule has 0 bridgehead atoms. The minimum Gasteiger partial charge on any atom is -0.379 e. The van der Waals surface area contributed by atoms with Gasteiger partial charge in [0.25, 0.3) is 0 Å². The highest BCUT2D eigenvalue weighted by atomic mass is 16.5. The van der Waals surface area contributed by atoms with Crippen molar-refractivity contribution in [3.8, 4) is 0 Å². The van der Waals surface area contributed by atoms with Crippen molar-refractivity contribution >= 4 is 5.96 Å². The van der Waals surface area contributed by atoms with E-state index < -0.39 is 0 Å². The summed E-state index contributed by atoms with van der Waals surface area (Å²) < 4.78 is 11.5. The van der Waals surface area contributed by atoms with E-state index in [9.17, 15) is 0 Å². The molecular weight excluding hydrogens is 352 g/mol. The van der Waals surface area contributed by atoms with Crippen molar-refractivity contribution in [3.63, 3.8) is 0 Å². The molecule has 2 atom stereocenters. The predicted octanol–water partition coefficient (Wildman–Crippen LogP) is 2.43. The van der Waals surface area contributed by atoms with Crippen LogP contribution in [0.15, 0.2) is 35.3 Å². The van der Waals surface area contributed by atoms with Crippen molar-refractivity contribution in [3.05, 3.63) is 35.9 Å². The topological polar surface area (TPSA) is 58.1 Å². The monoisotopic (exact) mass is 388 g/mol. The molecule has 3 rings (SSSR count).